The van der Waals surface area contributed by atoms with Crippen LogP contribution in [0.5, 0.6) is 11.5 Å². The fraction of sp³-hybridized carbons (Fsp3) is 0.417. The molecule has 5 heteroatoms. The lowest BCUT2D eigenvalue weighted by atomic mass is 10.0. The molecule has 0 aliphatic carbocycles. The number of aliphatic hydroxyl groups excluding tert-OH is 1. The highest BCUT2D eigenvalue weighted by Gasteiger charge is 2.16. The minimum absolute atomic E-state index is 0.0975. The van der Waals surface area contributed by atoms with Crippen molar-refractivity contribution in [1.29, 1.82) is 0 Å². The Labute approximate surface area is 100 Å². The van der Waals surface area contributed by atoms with Crippen molar-refractivity contribution < 1.29 is 19.4 Å². The summed E-state index contributed by atoms with van der Waals surface area (Å²) in [5, 5.41) is 8.79. The van der Waals surface area contributed by atoms with E-state index >= 15 is 0 Å². The van der Waals surface area contributed by atoms with Gasteiger partial charge in [0.1, 0.15) is 0 Å². The van der Waals surface area contributed by atoms with E-state index in [2.05, 4.69) is 0 Å². The SMILES string of the molecule is COc1cc(CCCO)cc(C(N)=O)c1OC. The number of amides is 1. The van der Waals surface area contributed by atoms with Gasteiger partial charge in [0.2, 0.25) is 0 Å². The number of ether oxygens (including phenoxy) is 2. The molecule has 0 bridgehead atoms. The van der Waals surface area contributed by atoms with Crippen molar-refractivity contribution >= 4 is 5.91 Å². The first-order chi connectivity index (χ1) is 8.13. The molecule has 5 nitrogen and oxygen atoms in total. The first-order valence-electron chi connectivity index (χ1n) is 5.29. The van der Waals surface area contributed by atoms with Gasteiger partial charge in [-0.3, -0.25) is 4.79 Å². The van der Waals surface area contributed by atoms with E-state index in [-0.39, 0.29) is 6.61 Å². The number of rotatable bonds is 6. The average molecular weight is 239 g/mol. The second-order valence-electron chi connectivity index (χ2n) is 3.57. The highest BCUT2D eigenvalue weighted by molar-refractivity contribution is 5.96. The quantitative estimate of drug-likeness (QED) is 0.766. The first-order valence-corrected chi connectivity index (χ1v) is 5.29. The summed E-state index contributed by atoms with van der Waals surface area (Å²) in [6.45, 7) is 0.0975. The molecule has 1 rings (SSSR count). The number of hydrogen-bond acceptors (Lipinski definition) is 4. The van der Waals surface area contributed by atoms with Crippen LogP contribution in [0.15, 0.2) is 12.1 Å². The molecule has 0 atom stereocenters. The van der Waals surface area contributed by atoms with Crippen LogP contribution in [0.4, 0.5) is 0 Å². The van der Waals surface area contributed by atoms with Crippen LogP contribution in [-0.4, -0.2) is 31.8 Å². The van der Waals surface area contributed by atoms with Gasteiger partial charge in [-0.25, -0.2) is 0 Å². The summed E-state index contributed by atoms with van der Waals surface area (Å²) in [6, 6.07) is 3.44. The second-order valence-corrected chi connectivity index (χ2v) is 3.57. The molecule has 17 heavy (non-hydrogen) atoms. The number of carbonyl (C=O) groups excluding carboxylic acids is 1. The zero-order chi connectivity index (χ0) is 12.8. The maximum Gasteiger partial charge on any atom is 0.252 e. The Balaban J connectivity index is 3.20. The van der Waals surface area contributed by atoms with Crippen LogP contribution in [0.25, 0.3) is 0 Å². The summed E-state index contributed by atoms with van der Waals surface area (Å²) in [5.41, 5.74) is 6.46. The van der Waals surface area contributed by atoms with Crippen molar-refractivity contribution in [3.05, 3.63) is 23.3 Å². The van der Waals surface area contributed by atoms with Crippen molar-refractivity contribution in [1.82, 2.24) is 0 Å². The van der Waals surface area contributed by atoms with Gasteiger partial charge in [-0.2, -0.15) is 0 Å². The average Bonchev–Trinajstić information content (AvgIpc) is 2.34. The van der Waals surface area contributed by atoms with E-state index < -0.39 is 5.91 Å². The molecule has 0 spiro atoms. The molecule has 0 radical (unpaired) electrons. The standard InChI is InChI=1S/C12H17NO4/c1-16-10-7-8(4-3-5-14)6-9(12(13)15)11(10)17-2/h6-7,14H,3-5H2,1-2H3,(H2,13,15). The predicted molar refractivity (Wildman–Crippen MR) is 63.5 cm³/mol. The number of aryl methyl sites for hydroxylation is 1. The fourth-order valence-corrected chi connectivity index (χ4v) is 1.63. The third kappa shape index (κ3) is 3.10. The number of primary amides is 1. The molecule has 0 saturated heterocycles. The van der Waals surface area contributed by atoms with Crippen molar-refractivity contribution in [2.45, 2.75) is 12.8 Å². The molecule has 0 unspecified atom stereocenters. The maximum absolute atomic E-state index is 11.3. The van der Waals surface area contributed by atoms with Crippen LogP contribution in [0.2, 0.25) is 0 Å². The van der Waals surface area contributed by atoms with Gasteiger partial charge in [0, 0.05) is 6.61 Å². The van der Waals surface area contributed by atoms with Gasteiger partial charge in [-0.1, -0.05) is 0 Å². The summed E-state index contributed by atoms with van der Waals surface area (Å²) in [7, 11) is 2.95. The molecule has 0 fully saturated rings. The molecule has 0 heterocycles. The molecular weight excluding hydrogens is 222 g/mol. The van der Waals surface area contributed by atoms with Crippen molar-refractivity contribution in [3.63, 3.8) is 0 Å². The van der Waals surface area contributed by atoms with Gasteiger partial charge in [0.15, 0.2) is 11.5 Å². The van der Waals surface area contributed by atoms with Gasteiger partial charge in [0.05, 0.1) is 19.8 Å². The molecule has 1 amide bonds. The van der Waals surface area contributed by atoms with Gasteiger partial charge in [-0.05, 0) is 30.5 Å². The third-order valence-electron chi connectivity index (χ3n) is 2.43. The molecule has 3 N–H and O–H groups in total. The second kappa shape index (κ2) is 6.10. The number of hydrogen-bond donors (Lipinski definition) is 2. The summed E-state index contributed by atoms with van der Waals surface area (Å²) >= 11 is 0. The van der Waals surface area contributed by atoms with Crippen molar-refractivity contribution in [2.75, 3.05) is 20.8 Å². The smallest absolute Gasteiger partial charge is 0.252 e. The minimum Gasteiger partial charge on any atom is -0.493 e. The highest BCUT2D eigenvalue weighted by atomic mass is 16.5. The van der Waals surface area contributed by atoms with Crippen molar-refractivity contribution in [3.8, 4) is 11.5 Å². The largest absolute Gasteiger partial charge is 0.493 e. The van der Waals surface area contributed by atoms with Crippen LogP contribution in [0, 0.1) is 0 Å². The Hall–Kier alpha value is -1.75. The van der Waals surface area contributed by atoms with E-state index in [1.165, 1.54) is 14.2 Å². The fourth-order valence-electron chi connectivity index (χ4n) is 1.63. The number of aliphatic hydroxyl groups is 1. The van der Waals surface area contributed by atoms with E-state index in [0.717, 1.165) is 5.56 Å². The van der Waals surface area contributed by atoms with E-state index in [1.807, 2.05) is 0 Å². The van der Waals surface area contributed by atoms with Gasteiger partial charge < -0.3 is 20.3 Å². The van der Waals surface area contributed by atoms with Gasteiger partial charge >= 0.3 is 0 Å². The molecule has 1 aromatic rings. The molecule has 0 aliphatic rings. The zero-order valence-electron chi connectivity index (χ0n) is 10.0. The minimum atomic E-state index is -0.564. The van der Waals surface area contributed by atoms with Gasteiger partial charge in [0.25, 0.3) is 5.91 Å². The summed E-state index contributed by atoms with van der Waals surface area (Å²) < 4.78 is 10.3. The number of nitrogens with two attached hydrogens (primary N) is 1. The molecule has 0 saturated carbocycles. The molecule has 0 aromatic heterocycles. The Morgan fingerprint density at radius 3 is 2.53 bits per heavy atom. The van der Waals surface area contributed by atoms with Crippen LogP contribution in [0.3, 0.4) is 0 Å². The van der Waals surface area contributed by atoms with Gasteiger partial charge in [-0.15, -0.1) is 0 Å². The molecule has 94 valence electrons. The summed E-state index contributed by atoms with van der Waals surface area (Å²) in [4.78, 5) is 11.3. The van der Waals surface area contributed by atoms with Crippen molar-refractivity contribution in [2.24, 2.45) is 5.73 Å². The third-order valence-corrected chi connectivity index (χ3v) is 2.43. The lowest BCUT2D eigenvalue weighted by Gasteiger charge is -2.13. The molecular formula is C12H17NO4. The van der Waals surface area contributed by atoms with E-state index in [4.69, 9.17) is 20.3 Å². The van der Waals surface area contributed by atoms with Crippen LogP contribution >= 0.6 is 0 Å². The molecule has 1 aromatic carbocycles. The lowest BCUT2D eigenvalue weighted by Crippen LogP contribution is -2.13. The van der Waals surface area contributed by atoms with Crippen LogP contribution in [0.1, 0.15) is 22.3 Å². The maximum atomic E-state index is 11.3. The van der Waals surface area contributed by atoms with E-state index in [1.54, 1.807) is 12.1 Å². The normalized spacial score (nSPS) is 10.1. The number of carbonyl (C=O) groups is 1. The summed E-state index contributed by atoms with van der Waals surface area (Å²) in [5.74, 6) is 0.246. The monoisotopic (exact) mass is 239 g/mol. The molecule has 0 aliphatic heterocycles. The Morgan fingerprint density at radius 2 is 2.06 bits per heavy atom. The van der Waals surface area contributed by atoms with Crippen LogP contribution < -0.4 is 15.2 Å². The van der Waals surface area contributed by atoms with E-state index in [0.29, 0.717) is 29.9 Å². The highest BCUT2D eigenvalue weighted by Crippen LogP contribution is 2.32. The predicted octanol–water partition coefficient (Wildman–Crippen LogP) is 0.728. The number of methoxy groups -OCH3 is 2. The number of benzene rings is 1. The lowest BCUT2D eigenvalue weighted by molar-refractivity contribution is 0.0996. The summed E-state index contributed by atoms with van der Waals surface area (Å²) in [6.07, 6.45) is 1.27. The topological polar surface area (TPSA) is 81.8 Å². The Kier molecular flexibility index (Phi) is 4.78. The zero-order valence-corrected chi connectivity index (χ0v) is 10.0. The Morgan fingerprint density at radius 1 is 1.35 bits per heavy atom. The van der Waals surface area contributed by atoms with Crippen LogP contribution in [-0.2, 0) is 6.42 Å². The first kappa shape index (κ1) is 13.3. The Bertz CT molecular complexity index is 404. The van der Waals surface area contributed by atoms with E-state index in [9.17, 15) is 4.79 Å².